The van der Waals surface area contributed by atoms with Crippen LogP contribution in [0.15, 0.2) is 27.7 Å². The molecule has 1 amide bonds. The minimum absolute atomic E-state index is 0. The molecule has 24 heavy (non-hydrogen) atoms. The highest BCUT2D eigenvalue weighted by molar-refractivity contribution is 14.0. The number of rotatable bonds is 7. The Morgan fingerprint density at radius 1 is 1.29 bits per heavy atom. The molecule has 0 unspecified atom stereocenters. The lowest BCUT2D eigenvalue weighted by atomic mass is 10.2. The van der Waals surface area contributed by atoms with E-state index in [-0.39, 0.29) is 29.9 Å². The molecule has 0 aromatic heterocycles. The van der Waals surface area contributed by atoms with Gasteiger partial charge in [0, 0.05) is 36.2 Å². The first-order valence-electron chi connectivity index (χ1n) is 8.00. The number of anilines is 1. The van der Waals surface area contributed by atoms with Crippen LogP contribution in [0.2, 0.25) is 0 Å². The molecule has 0 bridgehead atoms. The van der Waals surface area contributed by atoms with Crippen molar-refractivity contribution in [2.45, 2.75) is 34.1 Å². The molecule has 1 aromatic carbocycles. The molecule has 0 aliphatic rings. The van der Waals surface area contributed by atoms with Crippen LogP contribution < -0.4 is 16.0 Å². The summed E-state index contributed by atoms with van der Waals surface area (Å²) in [6.45, 7) is 10.4. The molecular formula is C17H28BrIN4O. The average Bonchev–Trinajstić information content (AvgIpc) is 2.48. The zero-order chi connectivity index (χ0) is 17.2. The van der Waals surface area contributed by atoms with Crippen LogP contribution >= 0.6 is 39.9 Å². The summed E-state index contributed by atoms with van der Waals surface area (Å²) >= 11 is 3.42. The van der Waals surface area contributed by atoms with Crippen LogP contribution in [0.1, 0.15) is 32.8 Å². The van der Waals surface area contributed by atoms with Gasteiger partial charge in [-0.25, -0.2) is 0 Å². The number of hydrogen-bond acceptors (Lipinski definition) is 2. The highest BCUT2D eigenvalue weighted by Gasteiger charge is 2.06. The predicted octanol–water partition coefficient (Wildman–Crippen LogP) is 3.92. The number of halogens is 2. The number of benzene rings is 1. The molecule has 0 aliphatic heterocycles. The van der Waals surface area contributed by atoms with E-state index in [1.807, 2.05) is 32.0 Å². The molecule has 1 aromatic rings. The minimum atomic E-state index is -0.0154. The third kappa shape index (κ3) is 9.46. The van der Waals surface area contributed by atoms with E-state index in [0.29, 0.717) is 18.9 Å². The molecule has 5 nitrogen and oxygen atoms in total. The second kappa shape index (κ2) is 12.5. The van der Waals surface area contributed by atoms with Gasteiger partial charge in [-0.15, -0.1) is 24.0 Å². The number of carbonyl (C=O) groups is 1. The van der Waals surface area contributed by atoms with Crippen LogP contribution in [0.5, 0.6) is 0 Å². The van der Waals surface area contributed by atoms with Crippen molar-refractivity contribution >= 4 is 57.5 Å². The number of nitrogens with one attached hydrogen (secondary N) is 3. The van der Waals surface area contributed by atoms with Crippen LogP contribution in [0.25, 0.3) is 0 Å². The zero-order valence-corrected chi connectivity index (χ0v) is 18.7. The fourth-order valence-corrected chi connectivity index (χ4v) is 2.21. The highest BCUT2D eigenvalue weighted by atomic mass is 127. The molecule has 0 saturated carbocycles. The fraction of sp³-hybridized carbons (Fsp3) is 0.529. The molecule has 1 rings (SSSR count). The Morgan fingerprint density at radius 2 is 2.00 bits per heavy atom. The lowest BCUT2D eigenvalue weighted by Crippen LogP contribution is -2.39. The van der Waals surface area contributed by atoms with Crippen LogP contribution in [-0.2, 0) is 4.79 Å². The smallest absolute Gasteiger partial charge is 0.226 e. The summed E-state index contributed by atoms with van der Waals surface area (Å²) in [5, 5.41) is 9.30. The Bertz CT molecular complexity index is 549. The fourth-order valence-electron chi connectivity index (χ4n) is 1.85. The van der Waals surface area contributed by atoms with Crippen LogP contribution in [0.4, 0.5) is 5.69 Å². The van der Waals surface area contributed by atoms with Crippen molar-refractivity contribution < 1.29 is 4.79 Å². The molecule has 3 N–H and O–H groups in total. The first-order valence-corrected chi connectivity index (χ1v) is 8.79. The predicted molar refractivity (Wildman–Crippen MR) is 116 cm³/mol. The van der Waals surface area contributed by atoms with Gasteiger partial charge in [0.2, 0.25) is 5.91 Å². The lowest BCUT2D eigenvalue weighted by Gasteiger charge is -2.12. The van der Waals surface area contributed by atoms with E-state index in [1.165, 1.54) is 0 Å². The van der Waals surface area contributed by atoms with Crippen LogP contribution in [0, 0.1) is 12.8 Å². The molecule has 0 spiro atoms. The van der Waals surface area contributed by atoms with Crippen molar-refractivity contribution in [1.82, 2.24) is 10.6 Å². The first kappa shape index (κ1) is 23.2. The standard InChI is InChI=1S/C17H27BrN4O.HI/c1-5-19-17(21-11-12(2)3)20-9-8-16(23)22-15-10-14(18)7-6-13(15)4;/h6-7,10,12H,5,8-9,11H2,1-4H3,(H,22,23)(H2,19,20,21);1H. The van der Waals surface area contributed by atoms with Gasteiger partial charge in [-0.2, -0.15) is 0 Å². The second-order valence-corrected chi connectivity index (χ2v) is 6.71. The Kier molecular flexibility index (Phi) is 12.1. The van der Waals surface area contributed by atoms with Gasteiger partial charge in [0.25, 0.3) is 0 Å². The highest BCUT2D eigenvalue weighted by Crippen LogP contribution is 2.20. The molecule has 0 aliphatic carbocycles. The summed E-state index contributed by atoms with van der Waals surface area (Å²) in [5.74, 6) is 1.25. The van der Waals surface area contributed by atoms with Gasteiger partial charge in [0.15, 0.2) is 5.96 Å². The van der Waals surface area contributed by atoms with Gasteiger partial charge >= 0.3 is 0 Å². The number of carbonyl (C=O) groups excluding carboxylic acids is 1. The first-order chi connectivity index (χ1) is 10.9. The number of amides is 1. The van der Waals surface area contributed by atoms with Crippen molar-refractivity contribution in [3.05, 3.63) is 28.2 Å². The van der Waals surface area contributed by atoms with Gasteiger partial charge in [0.1, 0.15) is 0 Å². The quantitative estimate of drug-likeness (QED) is 0.296. The van der Waals surface area contributed by atoms with Crippen molar-refractivity contribution in [3.8, 4) is 0 Å². The van der Waals surface area contributed by atoms with Crippen molar-refractivity contribution in [2.75, 3.05) is 25.0 Å². The van der Waals surface area contributed by atoms with E-state index >= 15 is 0 Å². The monoisotopic (exact) mass is 510 g/mol. The molecule has 0 fully saturated rings. The van der Waals surface area contributed by atoms with Gasteiger partial charge in [0.05, 0.1) is 0 Å². The maximum Gasteiger partial charge on any atom is 0.226 e. The van der Waals surface area contributed by atoms with Crippen molar-refractivity contribution in [3.63, 3.8) is 0 Å². The number of guanidine groups is 1. The Hall–Kier alpha value is -0.830. The van der Waals surface area contributed by atoms with Gasteiger partial charge in [-0.1, -0.05) is 35.8 Å². The summed E-state index contributed by atoms with van der Waals surface area (Å²) in [6, 6.07) is 5.84. The summed E-state index contributed by atoms with van der Waals surface area (Å²) in [6.07, 6.45) is 0.387. The second-order valence-electron chi connectivity index (χ2n) is 5.80. The van der Waals surface area contributed by atoms with Crippen LogP contribution in [-0.4, -0.2) is 31.5 Å². The molecule has 7 heteroatoms. The maximum absolute atomic E-state index is 12.1. The van der Waals surface area contributed by atoms with Gasteiger partial charge < -0.3 is 16.0 Å². The molecule has 136 valence electrons. The SMILES string of the molecule is CCNC(=NCC(C)C)NCCC(=O)Nc1cc(Br)ccc1C.I. The van der Waals surface area contributed by atoms with E-state index in [1.54, 1.807) is 0 Å². The molecule has 0 saturated heterocycles. The van der Waals surface area contributed by atoms with Crippen molar-refractivity contribution in [2.24, 2.45) is 10.9 Å². The largest absolute Gasteiger partial charge is 0.357 e. The number of aliphatic imine (C=N–C) groups is 1. The lowest BCUT2D eigenvalue weighted by molar-refractivity contribution is -0.116. The molecular weight excluding hydrogens is 483 g/mol. The Morgan fingerprint density at radius 3 is 2.62 bits per heavy atom. The molecule has 0 heterocycles. The normalized spacial score (nSPS) is 11.0. The average molecular weight is 511 g/mol. The topological polar surface area (TPSA) is 65.5 Å². The summed E-state index contributed by atoms with van der Waals surface area (Å²) < 4.78 is 0.951. The van der Waals surface area contributed by atoms with Gasteiger partial charge in [-0.05, 0) is 37.5 Å². The maximum atomic E-state index is 12.1. The summed E-state index contributed by atoms with van der Waals surface area (Å²) in [5.41, 5.74) is 1.88. The number of aryl methyl sites for hydroxylation is 1. The van der Waals surface area contributed by atoms with E-state index < -0.39 is 0 Å². The molecule has 0 radical (unpaired) electrons. The minimum Gasteiger partial charge on any atom is -0.357 e. The van der Waals surface area contributed by atoms with Crippen LogP contribution in [0.3, 0.4) is 0 Å². The Balaban J connectivity index is 0.00000529. The summed E-state index contributed by atoms with van der Waals surface area (Å²) in [7, 11) is 0. The van der Waals surface area contributed by atoms with Gasteiger partial charge in [-0.3, -0.25) is 9.79 Å². The van der Waals surface area contributed by atoms with E-state index in [9.17, 15) is 4.79 Å². The van der Waals surface area contributed by atoms with E-state index in [2.05, 4.69) is 50.7 Å². The number of hydrogen-bond donors (Lipinski definition) is 3. The van der Waals surface area contributed by atoms with Crippen molar-refractivity contribution in [1.29, 1.82) is 0 Å². The third-order valence-electron chi connectivity index (χ3n) is 3.08. The molecule has 0 atom stereocenters. The third-order valence-corrected chi connectivity index (χ3v) is 3.57. The number of nitrogens with zero attached hydrogens (tertiary/aromatic N) is 1. The van der Waals surface area contributed by atoms with E-state index in [4.69, 9.17) is 0 Å². The summed E-state index contributed by atoms with van der Waals surface area (Å²) in [4.78, 5) is 16.5. The Labute approximate surface area is 170 Å². The van der Waals surface area contributed by atoms with E-state index in [0.717, 1.165) is 34.8 Å². The zero-order valence-electron chi connectivity index (χ0n) is 14.8.